The largest absolute Gasteiger partial charge is 0.480 e. The van der Waals surface area contributed by atoms with Gasteiger partial charge in [-0.15, -0.1) is 0 Å². The predicted octanol–water partition coefficient (Wildman–Crippen LogP) is 1.76. The molecule has 0 spiro atoms. The first kappa shape index (κ1) is 12.2. The lowest BCUT2D eigenvalue weighted by Gasteiger charge is -2.20. The summed E-state index contributed by atoms with van der Waals surface area (Å²) in [5.74, 6) is -1.47. The number of amides is 1. The van der Waals surface area contributed by atoms with Crippen LogP contribution >= 0.6 is 0 Å². The molecule has 0 aliphatic carbocycles. The number of carbonyl (C=O) groups excluding carboxylic acids is 1. The standard InChI is InChI=1S/C13H14N2O3/c1-13(2,12(17)18)15-11(16)9-3-4-10-8(7-9)5-6-14-10/h3-7,14H,1-2H3,(H,15,16)(H,17,18). The second-order valence-corrected chi connectivity index (χ2v) is 4.66. The molecule has 1 heterocycles. The van der Waals surface area contributed by atoms with E-state index in [4.69, 9.17) is 5.11 Å². The summed E-state index contributed by atoms with van der Waals surface area (Å²) in [6.45, 7) is 2.89. The zero-order chi connectivity index (χ0) is 13.3. The summed E-state index contributed by atoms with van der Waals surface area (Å²) in [5, 5.41) is 12.3. The van der Waals surface area contributed by atoms with E-state index < -0.39 is 17.4 Å². The van der Waals surface area contributed by atoms with E-state index in [0.717, 1.165) is 10.9 Å². The zero-order valence-corrected chi connectivity index (χ0v) is 10.2. The molecule has 1 aromatic heterocycles. The predicted molar refractivity (Wildman–Crippen MR) is 67.5 cm³/mol. The molecule has 0 fully saturated rings. The molecule has 0 unspecified atom stereocenters. The molecule has 5 nitrogen and oxygen atoms in total. The fourth-order valence-electron chi connectivity index (χ4n) is 1.60. The highest BCUT2D eigenvalue weighted by atomic mass is 16.4. The maximum atomic E-state index is 11.9. The smallest absolute Gasteiger partial charge is 0.328 e. The average molecular weight is 246 g/mol. The summed E-state index contributed by atoms with van der Waals surface area (Å²) in [4.78, 5) is 25.9. The minimum absolute atomic E-state index is 0.398. The van der Waals surface area contributed by atoms with Gasteiger partial charge in [0.25, 0.3) is 5.91 Å². The Morgan fingerprint density at radius 2 is 2.00 bits per heavy atom. The third kappa shape index (κ3) is 2.20. The van der Waals surface area contributed by atoms with E-state index in [1.165, 1.54) is 13.8 Å². The van der Waals surface area contributed by atoms with Crippen molar-refractivity contribution < 1.29 is 14.7 Å². The molecule has 0 bridgehead atoms. The van der Waals surface area contributed by atoms with Crippen molar-refractivity contribution in [2.24, 2.45) is 0 Å². The second-order valence-electron chi connectivity index (χ2n) is 4.66. The van der Waals surface area contributed by atoms with Crippen LogP contribution in [0.4, 0.5) is 0 Å². The molecule has 2 rings (SSSR count). The minimum Gasteiger partial charge on any atom is -0.480 e. The van der Waals surface area contributed by atoms with Crippen LogP contribution < -0.4 is 5.32 Å². The quantitative estimate of drug-likeness (QED) is 0.771. The summed E-state index contributed by atoms with van der Waals surface area (Å²) < 4.78 is 0. The Balaban J connectivity index is 2.25. The topological polar surface area (TPSA) is 82.2 Å². The van der Waals surface area contributed by atoms with Crippen molar-refractivity contribution in [1.29, 1.82) is 0 Å². The van der Waals surface area contributed by atoms with Gasteiger partial charge in [0.1, 0.15) is 5.54 Å². The third-order valence-corrected chi connectivity index (χ3v) is 2.78. The number of H-pyrrole nitrogens is 1. The number of benzene rings is 1. The van der Waals surface area contributed by atoms with Crippen molar-refractivity contribution >= 4 is 22.8 Å². The Kier molecular flexibility index (Phi) is 2.82. The van der Waals surface area contributed by atoms with E-state index in [1.807, 2.05) is 6.07 Å². The molecular formula is C13H14N2O3. The van der Waals surface area contributed by atoms with Crippen molar-refractivity contribution in [1.82, 2.24) is 10.3 Å². The first-order chi connectivity index (χ1) is 8.40. The number of fused-ring (bicyclic) bond motifs is 1. The number of hydrogen-bond acceptors (Lipinski definition) is 2. The molecule has 5 heteroatoms. The van der Waals surface area contributed by atoms with E-state index in [2.05, 4.69) is 10.3 Å². The lowest BCUT2D eigenvalue weighted by molar-refractivity contribution is -0.143. The number of aromatic amines is 1. The average Bonchev–Trinajstić information content (AvgIpc) is 2.74. The molecule has 0 saturated heterocycles. The molecule has 1 amide bonds. The number of rotatable bonds is 3. The Morgan fingerprint density at radius 3 is 2.67 bits per heavy atom. The highest BCUT2D eigenvalue weighted by Gasteiger charge is 2.29. The van der Waals surface area contributed by atoms with Gasteiger partial charge in [-0.25, -0.2) is 4.79 Å². The van der Waals surface area contributed by atoms with Gasteiger partial charge in [-0.05, 0) is 38.1 Å². The number of nitrogens with one attached hydrogen (secondary N) is 2. The van der Waals surface area contributed by atoms with Crippen LogP contribution in [-0.4, -0.2) is 27.5 Å². The van der Waals surface area contributed by atoms with Crippen molar-refractivity contribution in [2.75, 3.05) is 0 Å². The number of carbonyl (C=O) groups is 2. The van der Waals surface area contributed by atoms with Gasteiger partial charge in [0.15, 0.2) is 0 Å². The van der Waals surface area contributed by atoms with E-state index in [1.54, 1.807) is 24.4 Å². The van der Waals surface area contributed by atoms with Gasteiger partial charge in [0, 0.05) is 22.7 Å². The van der Waals surface area contributed by atoms with Crippen molar-refractivity contribution in [2.45, 2.75) is 19.4 Å². The SMILES string of the molecule is CC(C)(NC(=O)c1ccc2[nH]ccc2c1)C(=O)O. The molecule has 3 N–H and O–H groups in total. The molecule has 0 atom stereocenters. The van der Waals surface area contributed by atoms with Gasteiger partial charge in [0.05, 0.1) is 0 Å². The van der Waals surface area contributed by atoms with Gasteiger partial charge in [-0.3, -0.25) is 4.79 Å². The lowest BCUT2D eigenvalue weighted by Crippen LogP contribution is -2.49. The highest BCUT2D eigenvalue weighted by molar-refractivity contribution is 6.00. The molecule has 18 heavy (non-hydrogen) atoms. The Labute approximate surface area is 104 Å². The van der Waals surface area contributed by atoms with Crippen molar-refractivity contribution in [3.05, 3.63) is 36.0 Å². The summed E-state index contributed by atoms with van der Waals surface area (Å²) >= 11 is 0. The highest BCUT2D eigenvalue weighted by Crippen LogP contribution is 2.15. The molecule has 1 aromatic carbocycles. The molecule has 0 aliphatic rings. The van der Waals surface area contributed by atoms with Gasteiger partial charge < -0.3 is 15.4 Å². The summed E-state index contributed by atoms with van der Waals surface area (Å²) in [6, 6.07) is 7.03. The first-order valence-electron chi connectivity index (χ1n) is 5.53. The van der Waals surface area contributed by atoms with Crippen LogP contribution in [0.5, 0.6) is 0 Å². The molecule has 2 aromatic rings. The van der Waals surface area contributed by atoms with Crippen LogP contribution in [-0.2, 0) is 4.79 Å². The summed E-state index contributed by atoms with van der Waals surface area (Å²) in [5.41, 5.74) is 0.0879. The molecule has 94 valence electrons. The van der Waals surface area contributed by atoms with Gasteiger partial charge in [0.2, 0.25) is 0 Å². The monoisotopic (exact) mass is 246 g/mol. The fourth-order valence-corrected chi connectivity index (χ4v) is 1.60. The van der Waals surface area contributed by atoms with E-state index in [-0.39, 0.29) is 0 Å². The number of carboxylic acids is 1. The Hall–Kier alpha value is -2.30. The second kappa shape index (κ2) is 4.18. The van der Waals surface area contributed by atoms with Crippen LogP contribution in [0.1, 0.15) is 24.2 Å². The number of aliphatic carboxylic acids is 1. The van der Waals surface area contributed by atoms with Crippen LogP contribution in [0.2, 0.25) is 0 Å². The Morgan fingerprint density at radius 1 is 1.28 bits per heavy atom. The maximum absolute atomic E-state index is 11.9. The zero-order valence-electron chi connectivity index (χ0n) is 10.2. The van der Waals surface area contributed by atoms with Gasteiger partial charge in [-0.2, -0.15) is 0 Å². The number of aromatic nitrogens is 1. The van der Waals surface area contributed by atoms with E-state index >= 15 is 0 Å². The van der Waals surface area contributed by atoms with Crippen LogP contribution in [0.25, 0.3) is 10.9 Å². The van der Waals surface area contributed by atoms with E-state index in [0.29, 0.717) is 5.56 Å². The van der Waals surface area contributed by atoms with Gasteiger partial charge in [-0.1, -0.05) is 0 Å². The number of hydrogen-bond donors (Lipinski definition) is 3. The lowest BCUT2D eigenvalue weighted by atomic mass is 10.0. The molecule has 0 radical (unpaired) electrons. The number of carboxylic acid groups (broad SMARTS) is 1. The van der Waals surface area contributed by atoms with Crippen LogP contribution in [0, 0.1) is 0 Å². The van der Waals surface area contributed by atoms with Crippen molar-refractivity contribution in [3.8, 4) is 0 Å². The fraction of sp³-hybridized carbons (Fsp3) is 0.231. The summed E-state index contributed by atoms with van der Waals surface area (Å²) in [7, 11) is 0. The van der Waals surface area contributed by atoms with E-state index in [9.17, 15) is 9.59 Å². The van der Waals surface area contributed by atoms with Gasteiger partial charge >= 0.3 is 5.97 Å². The third-order valence-electron chi connectivity index (χ3n) is 2.78. The van der Waals surface area contributed by atoms with Crippen molar-refractivity contribution in [3.63, 3.8) is 0 Å². The molecule has 0 aliphatic heterocycles. The molecular weight excluding hydrogens is 232 g/mol. The molecule has 0 saturated carbocycles. The maximum Gasteiger partial charge on any atom is 0.328 e. The summed E-state index contributed by atoms with van der Waals surface area (Å²) in [6.07, 6.45) is 1.79. The first-order valence-corrected chi connectivity index (χ1v) is 5.53. The Bertz CT molecular complexity index is 613. The minimum atomic E-state index is -1.29. The normalized spacial score (nSPS) is 11.4. The van der Waals surface area contributed by atoms with Crippen LogP contribution in [0.15, 0.2) is 30.5 Å². The van der Waals surface area contributed by atoms with Crippen LogP contribution in [0.3, 0.4) is 0 Å².